The van der Waals surface area contributed by atoms with Gasteiger partial charge in [-0.15, -0.1) is 0 Å². The highest BCUT2D eigenvalue weighted by Crippen LogP contribution is 2.22. The lowest BCUT2D eigenvalue weighted by Gasteiger charge is -2.23. The van der Waals surface area contributed by atoms with Gasteiger partial charge >= 0.3 is 0 Å². The number of nitrogens with two attached hydrogens (primary N) is 1. The molecule has 0 saturated heterocycles. The van der Waals surface area contributed by atoms with Crippen molar-refractivity contribution in [3.63, 3.8) is 0 Å². The van der Waals surface area contributed by atoms with Gasteiger partial charge in [0.1, 0.15) is 0 Å². The molecule has 1 aromatic carbocycles. The molecule has 0 atom stereocenters. The number of H-pyrrole nitrogens is 1. The summed E-state index contributed by atoms with van der Waals surface area (Å²) in [5.74, 6) is -0.0641. The summed E-state index contributed by atoms with van der Waals surface area (Å²) in [5, 5.41) is 13.4. The number of aromatic amines is 1. The number of aromatic nitrogens is 2. The number of hydrogen-bond donors (Lipinski definition) is 3. The molecular weight excluding hydrogens is 278 g/mol. The molecule has 20 heavy (non-hydrogen) atoms. The van der Waals surface area contributed by atoms with Gasteiger partial charge in [-0.05, 0) is 18.2 Å². The molecule has 2 aromatic rings. The monoisotopic (exact) mass is 293 g/mol. The minimum atomic E-state index is -3.74. The van der Waals surface area contributed by atoms with Crippen LogP contribution in [0.15, 0.2) is 47.6 Å². The fourth-order valence-electron chi connectivity index (χ4n) is 1.71. The number of benzene rings is 1. The molecule has 8 heteroatoms. The first-order chi connectivity index (χ1) is 9.51. The van der Waals surface area contributed by atoms with E-state index in [1.807, 2.05) is 0 Å². The third kappa shape index (κ3) is 2.97. The first-order valence-electron chi connectivity index (χ1n) is 5.92. The Hall–Kier alpha value is -2.35. The van der Waals surface area contributed by atoms with E-state index in [2.05, 4.69) is 10.2 Å². The first kappa shape index (κ1) is 14.1. The lowest BCUT2D eigenvalue weighted by atomic mass is 10.3. The molecule has 0 aliphatic heterocycles. The zero-order valence-corrected chi connectivity index (χ0v) is 11.5. The second kappa shape index (κ2) is 5.74. The molecule has 0 spiro atoms. The summed E-state index contributed by atoms with van der Waals surface area (Å²) in [5.41, 5.74) is 5.84. The molecule has 0 unspecified atom stereocenters. The van der Waals surface area contributed by atoms with Crippen LogP contribution in [0.25, 0.3) is 0 Å². The fourth-order valence-corrected chi connectivity index (χ4v) is 3.08. The zero-order valence-electron chi connectivity index (χ0n) is 10.7. The number of sulfonamides is 1. The van der Waals surface area contributed by atoms with Crippen LogP contribution in [-0.2, 0) is 10.0 Å². The van der Waals surface area contributed by atoms with Gasteiger partial charge in [-0.3, -0.25) is 14.8 Å². The van der Waals surface area contributed by atoms with Crippen molar-refractivity contribution in [2.24, 2.45) is 5.73 Å². The maximum absolute atomic E-state index is 12.5. The third-order valence-electron chi connectivity index (χ3n) is 2.67. The topological polar surface area (TPSA) is 116 Å². The molecule has 0 radical (unpaired) electrons. The molecule has 0 aliphatic rings. The number of rotatable bonds is 6. The van der Waals surface area contributed by atoms with Crippen LogP contribution >= 0.6 is 0 Å². The summed E-state index contributed by atoms with van der Waals surface area (Å²) in [7, 11) is -3.74. The Kier molecular flexibility index (Phi) is 4.04. The molecule has 1 aromatic heterocycles. The number of nitrogens with zero attached hydrogens (tertiary/aromatic N) is 2. The minimum Gasteiger partial charge on any atom is -0.388 e. The molecule has 0 saturated carbocycles. The standard InChI is InChI=1S/C12H15N5O2S/c13-11(14)7-9-17(10-4-2-1-3-5-10)20(18,19)12-6-8-15-16-12/h1-6,8H,7,9H2,(H3,13,14)(H,15,16). The predicted molar refractivity (Wildman–Crippen MR) is 76.1 cm³/mol. The summed E-state index contributed by atoms with van der Waals surface area (Å²) in [4.78, 5) is 0. The van der Waals surface area contributed by atoms with Crippen molar-refractivity contribution in [1.29, 1.82) is 5.41 Å². The van der Waals surface area contributed by atoms with Gasteiger partial charge in [-0.2, -0.15) is 13.5 Å². The Labute approximate surface area is 117 Å². The lowest BCUT2D eigenvalue weighted by Crippen LogP contribution is -2.34. The summed E-state index contributed by atoms with van der Waals surface area (Å²) in [6.45, 7) is 0.0979. The normalized spacial score (nSPS) is 11.2. The molecular formula is C12H15N5O2S. The van der Waals surface area contributed by atoms with E-state index in [0.29, 0.717) is 5.69 Å². The molecule has 106 valence electrons. The van der Waals surface area contributed by atoms with E-state index in [0.717, 1.165) is 0 Å². The maximum atomic E-state index is 12.5. The van der Waals surface area contributed by atoms with E-state index in [1.54, 1.807) is 30.3 Å². The van der Waals surface area contributed by atoms with Crippen molar-refractivity contribution in [3.8, 4) is 0 Å². The fraction of sp³-hybridized carbons (Fsp3) is 0.167. The zero-order chi connectivity index (χ0) is 14.6. The lowest BCUT2D eigenvalue weighted by molar-refractivity contribution is 0.587. The molecule has 0 aliphatic carbocycles. The SMILES string of the molecule is N=C(N)CCN(c1ccccc1)S(=O)(=O)c1ccn[nH]1. The maximum Gasteiger partial charge on any atom is 0.281 e. The first-order valence-corrected chi connectivity index (χ1v) is 7.36. The average Bonchev–Trinajstić information content (AvgIpc) is 2.94. The highest BCUT2D eigenvalue weighted by atomic mass is 32.2. The Balaban J connectivity index is 2.39. The van der Waals surface area contributed by atoms with Crippen molar-refractivity contribution in [3.05, 3.63) is 42.6 Å². The number of anilines is 1. The average molecular weight is 293 g/mol. The van der Waals surface area contributed by atoms with Crippen LogP contribution in [0.4, 0.5) is 5.69 Å². The Bertz CT molecular complexity index is 667. The van der Waals surface area contributed by atoms with Gasteiger partial charge in [0.05, 0.1) is 17.7 Å². The van der Waals surface area contributed by atoms with Crippen LogP contribution in [0.1, 0.15) is 6.42 Å². The molecule has 1 heterocycles. The molecule has 2 rings (SSSR count). The quantitative estimate of drug-likeness (QED) is 0.542. The van der Waals surface area contributed by atoms with Gasteiger partial charge in [0.25, 0.3) is 10.0 Å². The summed E-state index contributed by atoms with van der Waals surface area (Å²) in [6, 6.07) is 10.1. The number of nitrogens with one attached hydrogen (secondary N) is 2. The van der Waals surface area contributed by atoms with Crippen LogP contribution in [0.2, 0.25) is 0 Å². The highest BCUT2D eigenvalue weighted by molar-refractivity contribution is 7.92. The number of hydrogen-bond acceptors (Lipinski definition) is 4. The molecule has 0 amide bonds. The third-order valence-corrected chi connectivity index (χ3v) is 4.43. The van der Waals surface area contributed by atoms with Crippen LogP contribution in [0, 0.1) is 5.41 Å². The Morgan fingerprint density at radius 2 is 2.00 bits per heavy atom. The van der Waals surface area contributed by atoms with Crippen LogP contribution < -0.4 is 10.0 Å². The van der Waals surface area contributed by atoms with Gasteiger partial charge in [0.15, 0.2) is 5.03 Å². The van der Waals surface area contributed by atoms with Crippen molar-refractivity contribution >= 4 is 21.5 Å². The highest BCUT2D eigenvalue weighted by Gasteiger charge is 2.25. The van der Waals surface area contributed by atoms with Gasteiger partial charge in [-0.25, -0.2) is 0 Å². The van der Waals surface area contributed by atoms with Crippen LogP contribution in [0.3, 0.4) is 0 Å². The van der Waals surface area contributed by atoms with Crippen molar-refractivity contribution in [1.82, 2.24) is 10.2 Å². The van der Waals surface area contributed by atoms with E-state index in [1.165, 1.54) is 16.6 Å². The number of amidine groups is 1. The predicted octanol–water partition coefficient (Wildman–Crippen LogP) is 0.931. The van der Waals surface area contributed by atoms with Crippen molar-refractivity contribution in [2.75, 3.05) is 10.8 Å². The van der Waals surface area contributed by atoms with Crippen LogP contribution in [0.5, 0.6) is 0 Å². The smallest absolute Gasteiger partial charge is 0.281 e. The van der Waals surface area contributed by atoms with Gasteiger partial charge in [-0.1, -0.05) is 18.2 Å². The Morgan fingerprint density at radius 3 is 2.55 bits per heavy atom. The Morgan fingerprint density at radius 1 is 1.30 bits per heavy atom. The van der Waals surface area contributed by atoms with Gasteiger partial charge < -0.3 is 5.73 Å². The van der Waals surface area contributed by atoms with E-state index in [9.17, 15) is 8.42 Å². The minimum absolute atomic E-state index is 0.00454. The molecule has 0 bridgehead atoms. The molecule has 0 fully saturated rings. The summed E-state index contributed by atoms with van der Waals surface area (Å²) >= 11 is 0. The van der Waals surface area contributed by atoms with Gasteiger partial charge in [0, 0.05) is 13.0 Å². The molecule has 4 N–H and O–H groups in total. The van der Waals surface area contributed by atoms with Crippen LogP contribution in [-0.4, -0.2) is 31.0 Å². The van der Waals surface area contributed by atoms with Crippen molar-refractivity contribution in [2.45, 2.75) is 11.4 Å². The van der Waals surface area contributed by atoms with E-state index >= 15 is 0 Å². The summed E-state index contributed by atoms with van der Waals surface area (Å²) < 4.78 is 26.3. The summed E-state index contributed by atoms with van der Waals surface area (Å²) in [6.07, 6.45) is 1.53. The van der Waals surface area contributed by atoms with Gasteiger partial charge in [0.2, 0.25) is 0 Å². The number of para-hydroxylation sites is 1. The van der Waals surface area contributed by atoms with E-state index in [4.69, 9.17) is 11.1 Å². The second-order valence-corrected chi connectivity index (χ2v) is 5.94. The largest absolute Gasteiger partial charge is 0.388 e. The van der Waals surface area contributed by atoms with Crippen molar-refractivity contribution < 1.29 is 8.42 Å². The molecule has 7 nitrogen and oxygen atoms in total. The van der Waals surface area contributed by atoms with E-state index in [-0.39, 0.29) is 23.8 Å². The second-order valence-electron chi connectivity index (χ2n) is 4.11. The van der Waals surface area contributed by atoms with E-state index < -0.39 is 10.0 Å².